The van der Waals surface area contributed by atoms with Crippen LogP contribution >= 0.6 is 15.9 Å². The number of carbonyl (C=O) groups excluding carboxylic acids is 1. The largest absolute Gasteiger partial charge is 0.338 e. The lowest BCUT2D eigenvalue weighted by atomic mass is 10.1. The van der Waals surface area contributed by atoms with Gasteiger partial charge in [0.2, 0.25) is 5.91 Å². The molecule has 1 aliphatic heterocycles. The Morgan fingerprint density at radius 2 is 2.04 bits per heavy atom. The predicted octanol–water partition coefficient (Wildman–Crippen LogP) is 1.37. The van der Waals surface area contributed by atoms with Gasteiger partial charge >= 0.3 is 0 Å². The summed E-state index contributed by atoms with van der Waals surface area (Å²) in [6, 6.07) is 5.87. The van der Waals surface area contributed by atoms with Crippen LogP contribution in [0, 0.1) is 0 Å². The highest BCUT2D eigenvalue weighted by Gasteiger charge is 2.25. The lowest BCUT2D eigenvalue weighted by molar-refractivity contribution is -0.133. The summed E-state index contributed by atoms with van der Waals surface area (Å²) in [6.07, 6.45) is 1.45. The van der Waals surface area contributed by atoms with Crippen LogP contribution in [0.3, 0.4) is 0 Å². The molecule has 1 fully saturated rings. The number of hydrogen-bond acceptors (Lipinski definition) is 4. The van der Waals surface area contributed by atoms with Crippen molar-refractivity contribution in [2.24, 2.45) is 0 Å². The standard InChI is InChI=1S/C16H19BrN4O2/c1-10-6-20(7-11(2)19-10)15(22)8-21-9-18-14-4-3-12(17)5-13(14)16(21)23/h3-5,9-11,19H,6-8H2,1-2H3/t10-,11+. The second-order valence-electron chi connectivity index (χ2n) is 6.11. The molecule has 2 atom stereocenters. The van der Waals surface area contributed by atoms with E-state index in [0.717, 1.165) is 4.47 Å². The summed E-state index contributed by atoms with van der Waals surface area (Å²) < 4.78 is 2.20. The van der Waals surface area contributed by atoms with Crippen molar-refractivity contribution in [3.05, 3.63) is 39.4 Å². The van der Waals surface area contributed by atoms with Gasteiger partial charge in [0.05, 0.1) is 17.2 Å². The molecule has 1 aromatic carbocycles. The maximum absolute atomic E-state index is 12.5. The number of piperazine rings is 1. The van der Waals surface area contributed by atoms with E-state index in [1.54, 1.807) is 12.1 Å². The molecule has 122 valence electrons. The number of benzene rings is 1. The quantitative estimate of drug-likeness (QED) is 0.856. The van der Waals surface area contributed by atoms with Crippen molar-refractivity contribution in [2.45, 2.75) is 32.5 Å². The molecule has 1 aromatic heterocycles. The van der Waals surface area contributed by atoms with E-state index >= 15 is 0 Å². The van der Waals surface area contributed by atoms with Gasteiger partial charge in [0.1, 0.15) is 6.54 Å². The summed E-state index contributed by atoms with van der Waals surface area (Å²) in [5, 5.41) is 3.90. The smallest absolute Gasteiger partial charge is 0.261 e. The summed E-state index contributed by atoms with van der Waals surface area (Å²) in [4.78, 5) is 31.1. The van der Waals surface area contributed by atoms with Gasteiger partial charge in [-0.05, 0) is 32.0 Å². The zero-order valence-corrected chi connectivity index (χ0v) is 14.7. The molecule has 3 rings (SSSR count). The Bertz CT molecular complexity index is 794. The molecule has 0 spiro atoms. The number of aromatic nitrogens is 2. The number of fused-ring (bicyclic) bond motifs is 1. The highest BCUT2D eigenvalue weighted by molar-refractivity contribution is 9.10. The third-order valence-corrected chi connectivity index (χ3v) is 4.50. The van der Waals surface area contributed by atoms with Crippen LogP contribution in [0.5, 0.6) is 0 Å². The molecule has 23 heavy (non-hydrogen) atoms. The number of hydrogen-bond donors (Lipinski definition) is 1. The summed E-state index contributed by atoms with van der Waals surface area (Å²) >= 11 is 3.36. The Balaban J connectivity index is 1.85. The van der Waals surface area contributed by atoms with E-state index in [4.69, 9.17) is 0 Å². The van der Waals surface area contributed by atoms with Crippen molar-refractivity contribution in [1.29, 1.82) is 0 Å². The summed E-state index contributed by atoms with van der Waals surface area (Å²) in [5.41, 5.74) is 0.437. The second-order valence-corrected chi connectivity index (χ2v) is 7.02. The van der Waals surface area contributed by atoms with Gasteiger partial charge in [-0.3, -0.25) is 14.2 Å². The van der Waals surface area contributed by atoms with Crippen molar-refractivity contribution in [2.75, 3.05) is 13.1 Å². The fourth-order valence-electron chi connectivity index (χ4n) is 3.02. The lowest BCUT2D eigenvalue weighted by Crippen LogP contribution is -2.56. The molecule has 1 N–H and O–H groups in total. The maximum Gasteiger partial charge on any atom is 0.261 e. The van der Waals surface area contributed by atoms with Gasteiger partial charge in [-0.2, -0.15) is 0 Å². The Kier molecular flexibility index (Phi) is 4.50. The molecule has 7 heteroatoms. The molecule has 0 saturated carbocycles. The normalized spacial score (nSPS) is 21.6. The van der Waals surface area contributed by atoms with Crippen molar-refractivity contribution in [1.82, 2.24) is 19.8 Å². The minimum atomic E-state index is -0.194. The molecule has 2 aromatic rings. The first-order chi connectivity index (χ1) is 10.9. The van der Waals surface area contributed by atoms with Crippen LogP contribution in [0.2, 0.25) is 0 Å². The van der Waals surface area contributed by atoms with Gasteiger partial charge in [-0.15, -0.1) is 0 Å². The van der Waals surface area contributed by atoms with Gasteiger partial charge in [-0.25, -0.2) is 4.98 Å². The average Bonchev–Trinajstić information content (AvgIpc) is 2.49. The first kappa shape index (κ1) is 16.1. The van der Waals surface area contributed by atoms with Crippen LogP contribution in [-0.2, 0) is 11.3 Å². The topological polar surface area (TPSA) is 67.2 Å². The van der Waals surface area contributed by atoms with E-state index < -0.39 is 0 Å². The second kappa shape index (κ2) is 6.41. The number of amides is 1. The predicted molar refractivity (Wildman–Crippen MR) is 92.3 cm³/mol. The van der Waals surface area contributed by atoms with Crippen molar-refractivity contribution in [3.8, 4) is 0 Å². The highest BCUT2D eigenvalue weighted by Crippen LogP contribution is 2.15. The molecule has 6 nitrogen and oxygen atoms in total. The van der Waals surface area contributed by atoms with Crippen LogP contribution in [0.1, 0.15) is 13.8 Å². The van der Waals surface area contributed by atoms with Crippen molar-refractivity contribution in [3.63, 3.8) is 0 Å². The van der Waals surface area contributed by atoms with Crippen LogP contribution in [-0.4, -0.2) is 45.5 Å². The molecule has 0 radical (unpaired) electrons. The highest BCUT2D eigenvalue weighted by atomic mass is 79.9. The minimum absolute atomic E-state index is 0.0216. The molecule has 0 aliphatic carbocycles. The lowest BCUT2D eigenvalue weighted by Gasteiger charge is -2.36. The van der Waals surface area contributed by atoms with Gasteiger partial charge in [0, 0.05) is 29.6 Å². The zero-order chi connectivity index (χ0) is 16.6. The van der Waals surface area contributed by atoms with Gasteiger partial charge in [-0.1, -0.05) is 15.9 Å². The van der Waals surface area contributed by atoms with Crippen LogP contribution in [0.15, 0.2) is 33.8 Å². The average molecular weight is 379 g/mol. The molecular weight excluding hydrogens is 360 g/mol. The molecule has 1 saturated heterocycles. The fraction of sp³-hybridized carbons (Fsp3) is 0.438. The first-order valence-corrected chi connectivity index (χ1v) is 8.42. The number of nitrogens with one attached hydrogen (secondary N) is 1. The van der Waals surface area contributed by atoms with E-state index in [1.807, 2.05) is 11.0 Å². The van der Waals surface area contributed by atoms with Crippen LogP contribution in [0.25, 0.3) is 10.9 Å². The van der Waals surface area contributed by atoms with E-state index in [-0.39, 0.29) is 30.1 Å². The van der Waals surface area contributed by atoms with Crippen LogP contribution in [0.4, 0.5) is 0 Å². The van der Waals surface area contributed by atoms with Crippen molar-refractivity contribution >= 4 is 32.7 Å². The maximum atomic E-state index is 12.5. The summed E-state index contributed by atoms with van der Waals surface area (Å²) in [5.74, 6) is -0.0524. The SMILES string of the molecule is C[C@@H]1CN(C(=O)Cn2cnc3ccc(Br)cc3c2=O)C[C@H](C)N1. The Morgan fingerprint density at radius 3 is 2.74 bits per heavy atom. The minimum Gasteiger partial charge on any atom is -0.338 e. The number of halogens is 1. The third kappa shape index (κ3) is 3.45. The van der Waals surface area contributed by atoms with E-state index in [2.05, 4.69) is 40.1 Å². The summed E-state index contributed by atoms with van der Waals surface area (Å²) in [6.45, 7) is 5.44. The number of rotatable bonds is 2. The molecule has 0 unspecified atom stereocenters. The molecule has 1 amide bonds. The number of nitrogens with zero attached hydrogens (tertiary/aromatic N) is 3. The third-order valence-electron chi connectivity index (χ3n) is 4.00. The van der Waals surface area contributed by atoms with E-state index in [9.17, 15) is 9.59 Å². The van der Waals surface area contributed by atoms with Gasteiger partial charge in [0.25, 0.3) is 5.56 Å². The first-order valence-electron chi connectivity index (χ1n) is 7.62. The summed E-state index contributed by atoms with van der Waals surface area (Å²) in [7, 11) is 0. The number of carbonyl (C=O) groups is 1. The van der Waals surface area contributed by atoms with Crippen LogP contribution < -0.4 is 10.9 Å². The van der Waals surface area contributed by atoms with Gasteiger partial charge < -0.3 is 10.2 Å². The van der Waals surface area contributed by atoms with Gasteiger partial charge in [0.15, 0.2) is 0 Å². The molecule has 1 aliphatic rings. The molecular formula is C16H19BrN4O2. The van der Waals surface area contributed by atoms with E-state index in [1.165, 1.54) is 10.9 Å². The molecule has 2 heterocycles. The Labute approximate surface area is 142 Å². The monoisotopic (exact) mass is 378 g/mol. The zero-order valence-electron chi connectivity index (χ0n) is 13.1. The fourth-order valence-corrected chi connectivity index (χ4v) is 3.38. The molecule has 0 bridgehead atoms. The Morgan fingerprint density at radius 1 is 1.35 bits per heavy atom. The Hall–Kier alpha value is -1.73. The van der Waals surface area contributed by atoms with Crippen molar-refractivity contribution < 1.29 is 4.79 Å². The van der Waals surface area contributed by atoms with E-state index in [0.29, 0.717) is 24.0 Å².